The van der Waals surface area contributed by atoms with Gasteiger partial charge in [-0.3, -0.25) is 0 Å². The fraction of sp³-hybridized carbons (Fsp3) is 0.538. The molecular weight excluding hydrogens is 186 g/mol. The Kier molecular flexibility index (Phi) is 3.75. The zero-order valence-electron chi connectivity index (χ0n) is 9.02. The Labute approximate surface area is 91.3 Å². The van der Waals surface area contributed by atoms with Crippen molar-refractivity contribution in [2.45, 2.75) is 44.4 Å². The summed E-state index contributed by atoms with van der Waals surface area (Å²) >= 11 is 0. The molecule has 1 aliphatic carbocycles. The first-order chi connectivity index (χ1) is 7.34. The molecule has 0 aliphatic heterocycles. The third kappa shape index (κ3) is 3.33. The van der Waals surface area contributed by atoms with Crippen molar-refractivity contribution in [3.8, 4) is 0 Å². The standard InChI is InChI=1S/C13H19NO/c15-13-8-4-7-12(9-13)14-10-11-5-2-1-3-6-11/h1-3,5-6,12-15H,4,7-10H2/t12-,13-/m0/s1. The van der Waals surface area contributed by atoms with Gasteiger partial charge in [0.1, 0.15) is 0 Å². The number of aliphatic hydroxyl groups is 1. The summed E-state index contributed by atoms with van der Waals surface area (Å²) in [6, 6.07) is 10.9. The van der Waals surface area contributed by atoms with Crippen LogP contribution in [0, 0.1) is 0 Å². The molecule has 2 nitrogen and oxygen atoms in total. The predicted octanol–water partition coefficient (Wildman–Crippen LogP) is 2.08. The van der Waals surface area contributed by atoms with Gasteiger partial charge >= 0.3 is 0 Å². The number of rotatable bonds is 3. The maximum absolute atomic E-state index is 9.54. The zero-order valence-corrected chi connectivity index (χ0v) is 9.02. The molecule has 1 fully saturated rings. The average molecular weight is 205 g/mol. The molecule has 1 saturated carbocycles. The molecule has 0 bridgehead atoms. The lowest BCUT2D eigenvalue weighted by Gasteiger charge is -2.26. The van der Waals surface area contributed by atoms with Gasteiger partial charge in [0.05, 0.1) is 6.10 Å². The molecule has 0 heterocycles. The molecule has 2 N–H and O–H groups in total. The van der Waals surface area contributed by atoms with E-state index in [1.54, 1.807) is 0 Å². The van der Waals surface area contributed by atoms with Crippen LogP contribution in [0.5, 0.6) is 0 Å². The zero-order chi connectivity index (χ0) is 10.5. The van der Waals surface area contributed by atoms with Crippen molar-refractivity contribution in [2.24, 2.45) is 0 Å². The molecule has 0 aromatic heterocycles. The highest BCUT2D eigenvalue weighted by Gasteiger charge is 2.19. The van der Waals surface area contributed by atoms with Crippen molar-refractivity contribution in [1.29, 1.82) is 0 Å². The molecule has 2 heteroatoms. The van der Waals surface area contributed by atoms with Crippen LogP contribution < -0.4 is 5.32 Å². The van der Waals surface area contributed by atoms with Gasteiger partial charge in [0, 0.05) is 12.6 Å². The van der Waals surface area contributed by atoms with Crippen LogP contribution in [0.25, 0.3) is 0 Å². The van der Waals surface area contributed by atoms with Crippen LogP contribution >= 0.6 is 0 Å². The normalized spacial score (nSPS) is 26.5. The average Bonchev–Trinajstić information content (AvgIpc) is 2.28. The Morgan fingerprint density at radius 2 is 2.00 bits per heavy atom. The van der Waals surface area contributed by atoms with Crippen molar-refractivity contribution in [2.75, 3.05) is 0 Å². The minimum absolute atomic E-state index is 0.0907. The van der Waals surface area contributed by atoms with Gasteiger partial charge in [0.2, 0.25) is 0 Å². The van der Waals surface area contributed by atoms with Crippen LogP contribution in [0.4, 0.5) is 0 Å². The Morgan fingerprint density at radius 3 is 2.73 bits per heavy atom. The summed E-state index contributed by atoms with van der Waals surface area (Å²) in [5.74, 6) is 0. The number of hydrogen-bond donors (Lipinski definition) is 2. The van der Waals surface area contributed by atoms with Crippen LogP contribution in [0.1, 0.15) is 31.2 Å². The SMILES string of the molecule is O[C@H]1CCC[C@H](NCc2ccccc2)C1. The Morgan fingerprint density at radius 1 is 1.20 bits per heavy atom. The molecule has 1 aromatic carbocycles. The summed E-state index contributed by atoms with van der Waals surface area (Å²) in [5.41, 5.74) is 1.32. The minimum Gasteiger partial charge on any atom is -0.393 e. The van der Waals surface area contributed by atoms with E-state index in [1.807, 2.05) is 6.07 Å². The molecule has 0 spiro atoms. The van der Waals surface area contributed by atoms with Crippen molar-refractivity contribution in [3.05, 3.63) is 35.9 Å². The van der Waals surface area contributed by atoms with Gasteiger partial charge in [-0.2, -0.15) is 0 Å². The van der Waals surface area contributed by atoms with E-state index < -0.39 is 0 Å². The summed E-state index contributed by atoms with van der Waals surface area (Å²) in [5, 5.41) is 13.0. The fourth-order valence-electron chi connectivity index (χ4n) is 2.21. The van der Waals surface area contributed by atoms with E-state index in [2.05, 4.69) is 29.6 Å². The summed E-state index contributed by atoms with van der Waals surface area (Å²) < 4.78 is 0. The molecule has 15 heavy (non-hydrogen) atoms. The van der Waals surface area contributed by atoms with Crippen molar-refractivity contribution >= 4 is 0 Å². The van der Waals surface area contributed by atoms with Crippen molar-refractivity contribution < 1.29 is 5.11 Å². The molecule has 0 unspecified atom stereocenters. The highest BCUT2D eigenvalue weighted by molar-refractivity contribution is 5.14. The maximum atomic E-state index is 9.54. The number of benzene rings is 1. The Bertz CT molecular complexity index is 286. The van der Waals surface area contributed by atoms with Gasteiger partial charge in [0.25, 0.3) is 0 Å². The monoisotopic (exact) mass is 205 g/mol. The highest BCUT2D eigenvalue weighted by Crippen LogP contribution is 2.18. The summed E-state index contributed by atoms with van der Waals surface area (Å²) in [4.78, 5) is 0. The van der Waals surface area contributed by atoms with Crippen LogP contribution in [-0.2, 0) is 6.54 Å². The van der Waals surface area contributed by atoms with E-state index in [-0.39, 0.29) is 6.10 Å². The lowest BCUT2D eigenvalue weighted by molar-refractivity contribution is 0.111. The van der Waals surface area contributed by atoms with Gasteiger partial charge in [0.15, 0.2) is 0 Å². The van der Waals surface area contributed by atoms with Crippen LogP contribution in [-0.4, -0.2) is 17.3 Å². The molecule has 82 valence electrons. The van der Waals surface area contributed by atoms with E-state index in [0.29, 0.717) is 6.04 Å². The Hall–Kier alpha value is -0.860. The summed E-state index contributed by atoms with van der Waals surface area (Å²) in [6.45, 7) is 0.915. The number of nitrogens with one attached hydrogen (secondary N) is 1. The van der Waals surface area contributed by atoms with Crippen LogP contribution in [0.2, 0.25) is 0 Å². The van der Waals surface area contributed by atoms with Crippen LogP contribution in [0.3, 0.4) is 0 Å². The third-order valence-corrected chi connectivity index (χ3v) is 3.08. The molecule has 2 rings (SSSR count). The second-order valence-corrected chi connectivity index (χ2v) is 4.38. The van der Waals surface area contributed by atoms with Crippen LogP contribution in [0.15, 0.2) is 30.3 Å². The van der Waals surface area contributed by atoms with Gasteiger partial charge in [-0.1, -0.05) is 30.3 Å². The van der Waals surface area contributed by atoms with Gasteiger partial charge in [-0.05, 0) is 31.2 Å². The molecular formula is C13H19NO. The number of aliphatic hydroxyl groups excluding tert-OH is 1. The smallest absolute Gasteiger partial charge is 0.0555 e. The van der Waals surface area contributed by atoms with Gasteiger partial charge in [-0.15, -0.1) is 0 Å². The number of hydrogen-bond acceptors (Lipinski definition) is 2. The lowest BCUT2D eigenvalue weighted by atomic mass is 9.93. The minimum atomic E-state index is -0.0907. The topological polar surface area (TPSA) is 32.3 Å². The first-order valence-corrected chi connectivity index (χ1v) is 5.80. The quantitative estimate of drug-likeness (QED) is 0.792. The summed E-state index contributed by atoms with van der Waals surface area (Å²) in [6.07, 6.45) is 4.14. The molecule has 0 amide bonds. The molecule has 1 aliphatic rings. The fourth-order valence-corrected chi connectivity index (χ4v) is 2.21. The second kappa shape index (κ2) is 5.29. The Balaban J connectivity index is 1.78. The predicted molar refractivity (Wildman–Crippen MR) is 61.5 cm³/mol. The van der Waals surface area contributed by atoms with E-state index in [4.69, 9.17) is 0 Å². The van der Waals surface area contributed by atoms with E-state index in [9.17, 15) is 5.11 Å². The second-order valence-electron chi connectivity index (χ2n) is 4.38. The first kappa shape index (κ1) is 10.7. The third-order valence-electron chi connectivity index (χ3n) is 3.08. The summed E-state index contributed by atoms with van der Waals surface area (Å²) in [7, 11) is 0. The lowest BCUT2D eigenvalue weighted by Crippen LogP contribution is -2.35. The van der Waals surface area contributed by atoms with E-state index in [1.165, 1.54) is 12.0 Å². The van der Waals surface area contributed by atoms with E-state index in [0.717, 1.165) is 25.8 Å². The van der Waals surface area contributed by atoms with Crippen molar-refractivity contribution in [3.63, 3.8) is 0 Å². The first-order valence-electron chi connectivity index (χ1n) is 5.80. The van der Waals surface area contributed by atoms with Gasteiger partial charge in [-0.25, -0.2) is 0 Å². The van der Waals surface area contributed by atoms with Gasteiger partial charge < -0.3 is 10.4 Å². The molecule has 0 saturated heterocycles. The molecule has 1 aromatic rings. The molecule has 2 atom stereocenters. The largest absolute Gasteiger partial charge is 0.393 e. The molecule has 0 radical (unpaired) electrons. The van der Waals surface area contributed by atoms with Crippen molar-refractivity contribution in [1.82, 2.24) is 5.32 Å². The van der Waals surface area contributed by atoms with E-state index >= 15 is 0 Å². The maximum Gasteiger partial charge on any atom is 0.0555 e. The highest BCUT2D eigenvalue weighted by atomic mass is 16.3.